The van der Waals surface area contributed by atoms with Crippen molar-refractivity contribution >= 4 is 16.2 Å². The number of hydrogen-bond donors (Lipinski definition) is 3. The van der Waals surface area contributed by atoms with Gasteiger partial charge in [-0.05, 0) is 34.1 Å². The highest BCUT2D eigenvalue weighted by atomic mass is 32.2. The van der Waals surface area contributed by atoms with Gasteiger partial charge in [0.25, 0.3) is 10.2 Å². The quantitative estimate of drug-likeness (QED) is 0.662. The van der Waals surface area contributed by atoms with Gasteiger partial charge in [0.15, 0.2) is 0 Å². The van der Waals surface area contributed by atoms with Gasteiger partial charge in [0.05, 0.1) is 0 Å². The molecule has 1 atom stereocenters. The van der Waals surface area contributed by atoms with Crippen molar-refractivity contribution in [3.8, 4) is 0 Å². The van der Waals surface area contributed by atoms with Crippen LogP contribution in [0.3, 0.4) is 0 Å². The van der Waals surface area contributed by atoms with Crippen LogP contribution < -0.4 is 9.44 Å². The lowest BCUT2D eigenvalue weighted by Gasteiger charge is -2.27. The molecule has 1 unspecified atom stereocenters. The van der Waals surface area contributed by atoms with Gasteiger partial charge in [0, 0.05) is 5.54 Å². The Morgan fingerprint density at radius 3 is 1.88 bits per heavy atom. The highest BCUT2D eigenvalue weighted by Gasteiger charge is 2.36. The average molecular weight is 252 g/mol. The standard InChI is InChI=1S/C9H20N2O4S/c1-6-9(5,7(12)13)11-16(14,15)10-8(2,3)4/h10-11H,6H2,1-5H3,(H,12,13). The molecule has 0 rings (SSSR count). The van der Waals surface area contributed by atoms with E-state index in [2.05, 4.69) is 9.44 Å². The maximum atomic E-state index is 11.6. The number of rotatable bonds is 5. The molecule has 0 aromatic carbocycles. The summed E-state index contributed by atoms with van der Waals surface area (Å²) in [7, 11) is -3.83. The minimum absolute atomic E-state index is 0.160. The van der Waals surface area contributed by atoms with Gasteiger partial charge in [-0.1, -0.05) is 6.92 Å². The molecule has 0 aromatic heterocycles. The lowest BCUT2D eigenvalue weighted by molar-refractivity contribution is -0.143. The molecule has 96 valence electrons. The summed E-state index contributed by atoms with van der Waals surface area (Å²) < 4.78 is 27.8. The van der Waals surface area contributed by atoms with Crippen LogP contribution >= 0.6 is 0 Å². The highest BCUT2D eigenvalue weighted by Crippen LogP contribution is 2.11. The average Bonchev–Trinajstić information content (AvgIpc) is 1.97. The van der Waals surface area contributed by atoms with Crippen molar-refractivity contribution in [1.29, 1.82) is 0 Å². The van der Waals surface area contributed by atoms with E-state index in [9.17, 15) is 13.2 Å². The summed E-state index contributed by atoms with van der Waals surface area (Å²) in [6.07, 6.45) is 0.160. The molecule has 0 aromatic rings. The molecule has 0 bridgehead atoms. The monoisotopic (exact) mass is 252 g/mol. The molecule has 0 aliphatic carbocycles. The van der Waals surface area contributed by atoms with Crippen LogP contribution in [0, 0.1) is 0 Å². The zero-order valence-corrected chi connectivity index (χ0v) is 11.1. The third kappa shape index (κ3) is 4.91. The number of carbonyl (C=O) groups is 1. The Labute approximate surface area is 96.6 Å². The lowest BCUT2D eigenvalue weighted by Crippen LogP contribution is -2.57. The van der Waals surface area contributed by atoms with Gasteiger partial charge in [-0.2, -0.15) is 17.9 Å². The molecule has 0 radical (unpaired) electrons. The first-order valence-corrected chi connectivity index (χ1v) is 6.46. The fraction of sp³-hybridized carbons (Fsp3) is 0.889. The highest BCUT2D eigenvalue weighted by molar-refractivity contribution is 7.87. The number of carboxylic acids is 1. The first-order valence-electron chi connectivity index (χ1n) is 4.98. The molecule has 0 aliphatic rings. The molecular weight excluding hydrogens is 232 g/mol. The van der Waals surface area contributed by atoms with Gasteiger partial charge < -0.3 is 5.11 Å². The Morgan fingerprint density at radius 1 is 1.19 bits per heavy atom. The smallest absolute Gasteiger partial charge is 0.324 e. The molecule has 0 fully saturated rings. The Hall–Kier alpha value is -0.660. The van der Waals surface area contributed by atoms with E-state index in [1.807, 2.05) is 0 Å². The summed E-state index contributed by atoms with van der Waals surface area (Å²) in [5.41, 5.74) is -2.14. The third-order valence-corrected chi connectivity index (χ3v) is 3.58. The van der Waals surface area contributed by atoms with Crippen LogP contribution in [0.4, 0.5) is 0 Å². The summed E-state index contributed by atoms with van der Waals surface area (Å²) >= 11 is 0. The van der Waals surface area contributed by atoms with Crippen LogP contribution in [0.15, 0.2) is 0 Å². The molecule has 0 amide bonds. The number of nitrogens with one attached hydrogen (secondary N) is 2. The molecule has 7 heteroatoms. The molecule has 0 heterocycles. The largest absolute Gasteiger partial charge is 0.480 e. The summed E-state index contributed by atoms with van der Waals surface area (Å²) in [5.74, 6) is -1.20. The van der Waals surface area contributed by atoms with E-state index in [4.69, 9.17) is 5.11 Å². The maximum absolute atomic E-state index is 11.6. The van der Waals surface area contributed by atoms with Crippen molar-refractivity contribution < 1.29 is 18.3 Å². The van der Waals surface area contributed by atoms with Gasteiger partial charge >= 0.3 is 5.97 Å². The van der Waals surface area contributed by atoms with Gasteiger partial charge in [-0.3, -0.25) is 4.79 Å². The minimum Gasteiger partial charge on any atom is -0.480 e. The van der Waals surface area contributed by atoms with E-state index in [-0.39, 0.29) is 6.42 Å². The van der Waals surface area contributed by atoms with E-state index >= 15 is 0 Å². The number of hydrogen-bond acceptors (Lipinski definition) is 3. The normalized spacial score (nSPS) is 16.8. The summed E-state index contributed by atoms with van der Waals surface area (Å²) in [6, 6.07) is 0. The van der Waals surface area contributed by atoms with E-state index in [0.29, 0.717) is 0 Å². The lowest BCUT2D eigenvalue weighted by atomic mass is 10.0. The Kier molecular flexibility index (Phi) is 4.49. The molecule has 3 N–H and O–H groups in total. The molecule has 0 spiro atoms. The zero-order valence-electron chi connectivity index (χ0n) is 10.3. The first kappa shape index (κ1) is 15.3. The van der Waals surface area contributed by atoms with E-state index in [1.54, 1.807) is 27.7 Å². The van der Waals surface area contributed by atoms with Crippen LogP contribution in [-0.4, -0.2) is 30.6 Å². The predicted molar refractivity (Wildman–Crippen MR) is 61.3 cm³/mol. The van der Waals surface area contributed by atoms with Gasteiger partial charge in [-0.15, -0.1) is 0 Å². The van der Waals surface area contributed by atoms with Crippen LogP contribution in [0.25, 0.3) is 0 Å². The predicted octanol–water partition coefficient (Wildman–Crippen LogP) is 0.462. The molecule has 6 nitrogen and oxygen atoms in total. The second-order valence-corrected chi connectivity index (χ2v) is 6.36. The molecule has 0 saturated carbocycles. The summed E-state index contributed by atoms with van der Waals surface area (Å²) in [5, 5.41) is 8.94. The van der Waals surface area contributed by atoms with Crippen molar-refractivity contribution in [3.05, 3.63) is 0 Å². The molecule has 16 heavy (non-hydrogen) atoms. The topological polar surface area (TPSA) is 95.5 Å². The van der Waals surface area contributed by atoms with Gasteiger partial charge in [-0.25, -0.2) is 0 Å². The van der Waals surface area contributed by atoms with Crippen molar-refractivity contribution in [3.63, 3.8) is 0 Å². The first-order chi connectivity index (χ1) is 6.92. The number of aliphatic carboxylic acids is 1. The Bertz CT molecular complexity index is 358. The third-order valence-electron chi connectivity index (χ3n) is 1.98. The van der Waals surface area contributed by atoms with Crippen LogP contribution in [0.2, 0.25) is 0 Å². The second-order valence-electron chi connectivity index (χ2n) is 4.95. The van der Waals surface area contributed by atoms with E-state index in [1.165, 1.54) is 6.92 Å². The summed E-state index contributed by atoms with van der Waals surface area (Å²) in [6.45, 7) is 7.97. The number of carboxylic acid groups (broad SMARTS) is 1. The van der Waals surface area contributed by atoms with Crippen LogP contribution in [0.1, 0.15) is 41.0 Å². The Balaban J connectivity index is 4.90. The van der Waals surface area contributed by atoms with Crippen molar-refractivity contribution in [1.82, 2.24) is 9.44 Å². The van der Waals surface area contributed by atoms with Crippen molar-refractivity contribution in [2.45, 2.75) is 52.1 Å². The summed E-state index contributed by atoms with van der Waals surface area (Å²) in [4.78, 5) is 10.9. The zero-order chi connectivity index (χ0) is 13.2. The van der Waals surface area contributed by atoms with E-state index in [0.717, 1.165) is 0 Å². The van der Waals surface area contributed by atoms with Crippen LogP contribution in [0.5, 0.6) is 0 Å². The second kappa shape index (κ2) is 4.68. The van der Waals surface area contributed by atoms with Gasteiger partial charge in [0.1, 0.15) is 5.54 Å². The maximum Gasteiger partial charge on any atom is 0.324 e. The molecule has 0 saturated heterocycles. The molecule has 0 aliphatic heterocycles. The van der Waals surface area contributed by atoms with E-state index < -0.39 is 27.3 Å². The van der Waals surface area contributed by atoms with Gasteiger partial charge in [0.2, 0.25) is 0 Å². The fourth-order valence-corrected chi connectivity index (χ4v) is 2.67. The Morgan fingerprint density at radius 2 is 1.62 bits per heavy atom. The SMILES string of the molecule is CCC(C)(NS(=O)(=O)NC(C)(C)C)C(=O)O. The van der Waals surface area contributed by atoms with Crippen molar-refractivity contribution in [2.24, 2.45) is 0 Å². The fourth-order valence-electron chi connectivity index (χ4n) is 0.992. The molecular formula is C9H20N2O4S. The van der Waals surface area contributed by atoms with Crippen LogP contribution in [-0.2, 0) is 15.0 Å². The minimum atomic E-state index is -3.83. The van der Waals surface area contributed by atoms with Crippen molar-refractivity contribution in [2.75, 3.05) is 0 Å².